The van der Waals surface area contributed by atoms with Crippen molar-refractivity contribution in [2.24, 2.45) is 0 Å². The van der Waals surface area contributed by atoms with Crippen molar-refractivity contribution in [3.63, 3.8) is 0 Å². The van der Waals surface area contributed by atoms with E-state index in [9.17, 15) is 9.59 Å². The molecule has 2 aromatic heterocycles. The molecule has 0 aliphatic carbocycles. The molecule has 0 bridgehead atoms. The number of nitrogens with zero attached hydrogens (tertiary/aromatic N) is 2. The van der Waals surface area contributed by atoms with Crippen LogP contribution >= 0.6 is 0 Å². The minimum absolute atomic E-state index is 0.171. The van der Waals surface area contributed by atoms with Crippen molar-refractivity contribution in [2.45, 2.75) is 13.8 Å². The average Bonchev–Trinajstić information content (AvgIpc) is 2.90. The first kappa shape index (κ1) is 15.6. The van der Waals surface area contributed by atoms with Gasteiger partial charge in [0.1, 0.15) is 11.5 Å². The highest BCUT2D eigenvalue weighted by molar-refractivity contribution is 6.14. The number of hydrogen-bond acceptors (Lipinski definition) is 6. The van der Waals surface area contributed by atoms with Crippen LogP contribution in [0, 0.1) is 0 Å². The van der Waals surface area contributed by atoms with E-state index in [1.54, 1.807) is 20.0 Å². The molecule has 0 atom stereocenters. The van der Waals surface area contributed by atoms with E-state index in [0.29, 0.717) is 5.82 Å². The summed E-state index contributed by atoms with van der Waals surface area (Å²) in [6.07, 6.45) is 4.83. The fourth-order valence-corrected chi connectivity index (χ4v) is 1.77. The molecule has 0 unspecified atom stereocenters. The van der Waals surface area contributed by atoms with Gasteiger partial charge in [-0.25, -0.2) is 14.6 Å². The molecule has 0 fully saturated rings. The lowest BCUT2D eigenvalue weighted by atomic mass is 10.3. The Morgan fingerprint density at radius 3 is 2.50 bits per heavy atom. The zero-order valence-corrected chi connectivity index (χ0v) is 12.4. The third-order valence-electron chi connectivity index (χ3n) is 2.72. The van der Waals surface area contributed by atoms with Crippen molar-refractivity contribution in [1.82, 2.24) is 9.38 Å². The molecular weight excluding hydrogens is 286 g/mol. The predicted octanol–water partition coefficient (Wildman–Crippen LogP) is 1.76. The van der Waals surface area contributed by atoms with Gasteiger partial charge in [0.25, 0.3) is 0 Å². The monoisotopic (exact) mass is 303 g/mol. The molecule has 0 saturated carbocycles. The standard InChI is InChI=1S/C15H17N3O4/c1-3-21-14(19)11(15(20)22-4-2)9-16-12-10-18-8-6-5-7-13(18)17-12/h5-10,16H,3-4H2,1-2H3. The fourth-order valence-electron chi connectivity index (χ4n) is 1.77. The molecule has 0 radical (unpaired) electrons. The minimum Gasteiger partial charge on any atom is -0.462 e. The summed E-state index contributed by atoms with van der Waals surface area (Å²) in [5.41, 5.74) is 0.535. The minimum atomic E-state index is -0.739. The average molecular weight is 303 g/mol. The molecule has 1 N–H and O–H groups in total. The molecule has 0 saturated heterocycles. The first-order valence-corrected chi connectivity index (χ1v) is 6.90. The van der Waals surface area contributed by atoms with Crippen molar-refractivity contribution in [1.29, 1.82) is 0 Å². The van der Waals surface area contributed by atoms with Crippen molar-refractivity contribution < 1.29 is 19.1 Å². The molecule has 0 aliphatic heterocycles. The maximum atomic E-state index is 11.8. The second-order valence-electron chi connectivity index (χ2n) is 4.24. The quantitative estimate of drug-likeness (QED) is 0.379. The number of hydrogen-bond donors (Lipinski definition) is 1. The lowest BCUT2D eigenvalue weighted by molar-refractivity contribution is -0.146. The first-order valence-electron chi connectivity index (χ1n) is 6.90. The topological polar surface area (TPSA) is 81.9 Å². The normalized spacial score (nSPS) is 10.1. The van der Waals surface area contributed by atoms with Gasteiger partial charge in [0, 0.05) is 12.4 Å². The molecule has 2 heterocycles. The zero-order valence-electron chi connectivity index (χ0n) is 12.4. The largest absolute Gasteiger partial charge is 0.462 e. The van der Waals surface area contributed by atoms with Gasteiger partial charge in [-0.15, -0.1) is 0 Å². The third-order valence-corrected chi connectivity index (χ3v) is 2.72. The zero-order chi connectivity index (χ0) is 15.9. The molecule has 0 aliphatic rings. The molecular formula is C15H17N3O4. The summed E-state index contributed by atoms with van der Waals surface area (Å²) in [7, 11) is 0. The van der Waals surface area contributed by atoms with Crippen LogP contribution in [-0.4, -0.2) is 34.5 Å². The number of imidazole rings is 1. The van der Waals surface area contributed by atoms with E-state index < -0.39 is 11.9 Å². The number of ether oxygens (including phenoxy) is 2. The second kappa shape index (κ2) is 7.26. The van der Waals surface area contributed by atoms with E-state index in [-0.39, 0.29) is 18.8 Å². The molecule has 22 heavy (non-hydrogen) atoms. The number of aromatic nitrogens is 2. The number of anilines is 1. The number of pyridine rings is 1. The van der Waals surface area contributed by atoms with Crippen molar-refractivity contribution >= 4 is 23.4 Å². The maximum absolute atomic E-state index is 11.8. The van der Waals surface area contributed by atoms with E-state index in [1.165, 1.54) is 6.20 Å². The molecule has 116 valence electrons. The van der Waals surface area contributed by atoms with Crippen LogP contribution in [0.2, 0.25) is 0 Å². The number of rotatable bonds is 6. The lowest BCUT2D eigenvalue weighted by Gasteiger charge is -2.06. The second-order valence-corrected chi connectivity index (χ2v) is 4.24. The molecule has 0 aromatic carbocycles. The van der Waals surface area contributed by atoms with Gasteiger partial charge in [-0.05, 0) is 26.0 Å². The van der Waals surface area contributed by atoms with Crippen LogP contribution < -0.4 is 5.32 Å². The Morgan fingerprint density at radius 2 is 1.91 bits per heavy atom. The van der Waals surface area contributed by atoms with Gasteiger partial charge in [-0.3, -0.25) is 0 Å². The lowest BCUT2D eigenvalue weighted by Crippen LogP contribution is -2.19. The summed E-state index contributed by atoms with van der Waals surface area (Å²) in [6, 6.07) is 5.58. The summed E-state index contributed by atoms with van der Waals surface area (Å²) in [5, 5.41) is 2.82. The third kappa shape index (κ3) is 3.63. The Morgan fingerprint density at radius 1 is 1.23 bits per heavy atom. The van der Waals surface area contributed by atoms with Gasteiger partial charge >= 0.3 is 11.9 Å². The Hall–Kier alpha value is -2.83. The predicted molar refractivity (Wildman–Crippen MR) is 80.2 cm³/mol. The van der Waals surface area contributed by atoms with Crippen LogP contribution in [-0.2, 0) is 19.1 Å². The first-order chi connectivity index (χ1) is 10.7. The smallest absolute Gasteiger partial charge is 0.347 e. The summed E-state index contributed by atoms with van der Waals surface area (Å²) < 4.78 is 11.5. The van der Waals surface area contributed by atoms with Gasteiger partial charge in [-0.1, -0.05) is 6.07 Å². The van der Waals surface area contributed by atoms with Crippen LogP contribution in [0.1, 0.15) is 13.8 Å². The molecule has 2 rings (SSSR count). The summed E-state index contributed by atoms with van der Waals surface area (Å²) in [5.74, 6) is -0.980. The van der Waals surface area contributed by atoms with Crippen LogP contribution in [0.4, 0.5) is 5.82 Å². The highest BCUT2D eigenvalue weighted by Crippen LogP contribution is 2.10. The summed E-state index contributed by atoms with van der Waals surface area (Å²) >= 11 is 0. The van der Waals surface area contributed by atoms with E-state index in [4.69, 9.17) is 9.47 Å². The van der Waals surface area contributed by atoms with Gasteiger partial charge < -0.3 is 19.2 Å². The molecule has 7 nitrogen and oxygen atoms in total. The highest BCUT2D eigenvalue weighted by atomic mass is 16.6. The van der Waals surface area contributed by atoms with E-state index in [0.717, 1.165) is 5.65 Å². The van der Waals surface area contributed by atoms with Crippen molar-refractivity contribution in [3.8, 4) is 0 Å². The Kier molecular flexibility index (Phi) is 5.13. The van der Waals surface area contributed by atoms with Crippen LogP contribution in [0.5, 0.6) is 0 Å². The van der Waals surface area contributed by atoms with Gasteiger partial charge in [0.15, 0.2) is 5.57 Å². The number of nitrogens with one attached hydrogen (secondary N) is 1. The fraction of sp³-hybridized carbons (Fsp3) is 0.267. The number of carbonyl (C=O) groups excluding carboxylic acids is 2. The van der Waals surface area contributed by atoms with Crippen LogP contribution in [0.3, 0.4) is 0 Å². The molecule has 7 heteroatoms. The van der Waals surface area contributed by atoms with E-state index in [1.807, 2.05) is 28.8 Å². The van der Waals surface area contributed by atoms with Crippen molar-refractivity contribution in [2.75, 3.05) is 18.5 Å². The summed E-state index contributed by atoms with van der Waals surface area (Å²) in [6.45, 7) is 3.67. The molecule has 0 amide bonds. The maximum Gasteiger partial charge on any atom is 0.347 e. The number of carbonyl (C=O) groups is 2. The molecule has 2 aromatic rings. The Balaban J connectivity index is 2.20. The number of esters is 2. The van der Waals surface area contributed by atoms with Gasteiger partial charge in [0.2, 0.25) is 0 Å². The van der Waals surface area contributed by atoms with Crippen molar-refractivity contribution in [3.05, 3.63) is 42.4 Å². The summed E-state index contributed by atoms with van der Waals surface area (Å²) in [4.78, 5) is 27.9. The molecule has 0 spiro atoms. The number of fused-ring (bicyclic) bond motifs is 1. The van der Waals surface area contributed by atoms with E-state index >= 15 is 0 Å². The highest BCUT2D eigenvalue weighted by Gasteiger charge is 2.21. The van der Waals surface area contributed by atoms with Gasteiger partial charge in [0.05, 0.1) is 19.4 Å². The van der Waals surface area contributed by atoms with Gasteiger partial charge in [-0.2, -0.15) is 0 Å². The SMILES string of the molecule is CCOC(=O)C(=CNc1cn2ccccc2n1)C(=O)OCC. The van der Waals surface area contributed by atoms with Crippen LogP contribution in [0.15, 0.2) is 42.4 Å². The Bertz CT molecular complexity index is 653. The Labute approximate surface area is 127 Å². The van der Waals surface area contributed by atoms with Crippen LogP contribution in [0.25, 0.3) is 5.65 Å². The van der Waals surface area contributed by atoms with E-state index in [2.05, 4.69) is 10.3 Å².